The summed E-state index contributed by atoms with van der Waals surface area (Å²) in [5.74, 6) is -0.517. The number of benzene rings is 2. The number of carbonyl (C=O) groups excluding carboxylic acids is 2. The summed E-state index contributed by atoms with van der Waals surface area (Å²) in [6.07, 6.45) is 1.44. The summed E-state index contributed by atoms with van der Waals surface area (Å²) in [5.41, 5.74) is 2.91. The summed E-state index contributed by atoms with van der Waals surface area (Å²) in [6.45, 7) is 5.74. The molecule has 0 saturated carbocycles. The van der Waals surface area contributed by atoms with Gasteiger partial charge in [-0.15, -0.1) is 0 Å². The summed E-state index contributed by atoms with van der Waals surface area (Å²) >= 11 is 0. The molecule has 0 saturated heterocycles. The standard InChI is InChI=1S/C23H25NO5/c1-4-14(2)18-7-5-6-8-20(18)24-23(27)15(3)29-22(26)11-16-13-28-21-12-17(25)9-10-19(16)21/h5-10,12-15,25H,4,11H2,1-3H3,(H,24,27)/t14-,15+/m1/s1. The van der Waals surface area contributed by atoms with Crippen LogP contribution in [0.15, 0.2) is 53.1 Å². The van der Waals surface area contributed by atoms with Gasteiger partial charge in [0.2, 0.25) is 0 Å². The molecule has 29 heavy (non-hydrogen) atoms. The molecule has 0 unspecified atom stereocenters. The number of ether oxygens (including phenoxy) is 1. The fourth-order valence-corrected chi connectivity index (χ4v) is 3.15. The minimum absolute atomic E-state index is 0.0289. The van der Waals surface area contributed by atoms with Gasteiger partial charge < -0.3 is 19.6 Å². The molecule has 0 aliphatic carbocycles. The van der Waals surface area contributed by atoms with Crippen molar-refractivity contribution >= 4 is 28.5 Å². The van der Waals surface area contributed by atoms with Gasteiger partial charge in [-0.25, -0.2) is 0 Å². The number of phenolic OH excluding ortho intramolecular Hbond substituents is 1. The number of fused-ring (bicyclic) bond motifs is 1. The zero-order chi connectivity index (χ0) is 21.0. The molecule has 0 aliphatic heterocycles. The Morgan fingerprint density at radius 1 is 1.17 bits per heavy atom. The molecule has 2 atom stereocenters. The van der Waals surface area contributed by atoms with E-state index in [0.29, 0.717) is 17.1 Å². The van der Waals surface area contributed by atoms with Crippen molar-refractivity contribution < 1.29 is 23.8 Å². The van der Waals surface area contributed by atoms with E-state index in [-0.39, 0.29) is 18.1 Å². The summed E-state index contributed by atoms with van der Waals surface area (Å²) in [6, 6.07) is 12.3. The van der Waals surface area contributed by atoms with E-state index in [1.54, 1.807) is 13.0 Å². The zero-order valence-electron chi connectivity index (χ0n) is 16.8. The average Bonchev–Trinajstić information content (AvgIpc) is 3.09. The molecule has 0 bridgehead atoms. The van der Waals surface area contributed by atoms with E-state index >= 15 is 0 Å². The van der Waals surface area contributed by atoms with Crippen LogP contribution in [0.3, 0.4) is 0 Å². The number of aromatic hydroxyl groups is 1. The lowest BCUT2D eigenvalue weighted by Crippen LogP contribution is -2.30. The lowest BCUT2D eigenvalue weighted by atomic mass is 9.97. The normalized spacial score (nSPS) is 13.1. The predicted octanol–water partition coefficient (Wildman–Crippen LogP) is 4.76. The first-order chi connectivity index (χ1) is 13.9. The number of nitrogens with one attached hydrogen (secondary N) is 1. The molecule has 0 spiro atoms. The number of esters is 1. The summed E-state index contributed by atoms with van der Waals surface area (Å²) < 4.78 is 10.7. The van der Waals surface area contributed by atoms with Gasteiger partial charge >= 0.3 is 5.97 Å². The van der Waals surface area contributed by atoms with E-state index in [4.69, 9.17) is 9.15 Å². The average molecular weight is 395 g/mol. The minimum Gasteiger partial charge on any atom is -0.508 e. The number of para-hydroxylation sites is 1. The SMILES string of the molecule is CC[C@@H](C)c1ccccc1NC(=O)[C@H](C)OC(=O)Cc1coc2cc(O)ccc12. The predicted molar refractivity (Wildman–Crippen MR) is 111 cm³/mol. The smallest absolute Gasteiger partial charge is 0.311 e. The number of carbonyl (C=O) groups is 2. The highest BCUT2D eigenvalue weighted by atomic mass is 16.5. The van der Waals surface area contributed by atoms with Gasteiger partial charge in [0.25, 0.3) is 5.91 Å². The van der Waals surface area contributed by atoms with Gasteiger partial charge in [-0.1, -0.05) is 32.0 Å². The Balaban J connectivity index is 1.63. The third kappa shape index (κ3) is 4.77. The van der Waals surface area contributed by atoms with Crippen LogP contribution in [0.1, 0.15) is 44.2 Å². The minimum atomic E-state index is -0.935. The molecular weight excluding hydrogens is 370 g/mol. The van der Waals surface area contributed by atoms with Crippen molar-refractivity contribution in [3.63, 3.8) is 0 Å². The number of hydrogen-bond acceptors (Lipinski definition) is 5. The quantitative estimate of drug-likeness (QED) is 0.563. The molecule has 3 rings (SSSR count). The number of phenols is 1. The molecule has 0 aliphatic rings. The maximum Gasteiger partial charge on any atom is 0.311 e. The van der Waals surface area contributed by atoms with Gasteiger partial charge in [0, 0.05) is 22.7 Å². The van der Waals surface area contributed by atoms with Gasteiger partial charge in [-0.3, -0.25) is 9.59 Å². The second-order valence-electron chi connectivity index (χ2n) is 7.14. The lowest BCUT2D eigenvalue weighted by Gasteiger charge is -2.18. The van der Waals surface area contributed by atoms with Crippen LogP contribution in [0.4, 0.5) is 5.69 Å². The van der Waals surface area contributed by atoms with Crippen molar-refractivity contribution in [3.05, 3.63) is 59.9 Å². The van der Waals surface area contributed by atoms with Crippen molar-refractivity contribution in [2.45, 2.75) is 45.6 Å². The first kappa shape index (κ1) is 20.5. The molecule has 0 radical (unpaired) electrons. The molecule has 6 heteroatoms. The van der Waals surface area contributed by atoms with E-state index in [1.807, 2.05) is 24.3 Å². The van der Waals surface area contributed by atoms with Crippen LogP contribution in [0, 0.1) is 0 Å². The van der Waals surface area contributed by atoms with Crippen molar-refractivity contribution in [2.24, 2.45) is 0 Å². The van der Waals surface area contributed by atoms with Gasteiger partial charge in [-0.2, -0.15) is 0 Å². The molecule has 1 amide bonds. The summed E-state index contributed by atoms with van der Waals surface area (Å²) in [4.78, 5) is 24.8. The van der Waals surface area contributed by atoms with Crippen molar-refractivity contribution in [1.82, 2.24) is 0 Å². The van der Waals surface area contributed by atoms with E-state index < -0.39 is 12.1 Å². The largest absolute Gasteiger partial charge is 0.508 e. The first-order valence-electron chi connectivity index (χ1n) is 9.67. The highest BCUT2D eigenvalue weighted by Crippen LogP contribution is 2.27. The molecule has 152 valence electrons. The van der Waals surface area contributed by atoms with Gasteiger partial charge in [0.1, 0.15) is 11.3 Å². The second kappa shape index (κ2) is 8.82. The van der Waals surface area contributed by atoms with Crippen LogP contribution in [0.25, 0.3) is 11.0 Å². The van der Waals surface area contributed by atoms with Crippen molar-refractivity contribution in [3.8, 4) is 5.75 Å². The topological polar surface area (TPSA) is 88.8 Å². The molecule has 2 N–H and O–H groups in total. The number of hydrogen-bond donors (Lipinski definition) is 2. The lowest BCUT2D eigenvalue weighted by molar-refractivity contribution is -0.152. The molecule has 3 aromatic rings. The van der Waals surface area contributed by atoms with E-state index in [0.717, 1.165) is 23.1 Å². The van der Waals surface area contributed by atoms with Gasteiger partial charge in [0.15, 0.2) is 6.10 Å². The monoisotopic (exact) mass is 395 g/mol. The van der Waals surface area contributed by atoms with Crippen molar-refractivity contribution in [2.75, 3.05) is 5.32 Å². The Kier molecular flexibility index (Phi) is 6.22. The maximum atomic E-state index is 12.5. The Morgan fingerprint density at radius 3 is 2.69 bits per heavy atom. The highest BCUT2D eigenvalue weighted by Gasteiger charge is 2.21. The molecule has 0 fully saturated rings. The Hall–Kier alpha value is -3.28. The Bertz CT molecular complexity index is 1020. The summed E-state index contributed by atoms with van der Waals surface area (Å²) in [5, 5.41) is 13.1. The highest BCUT2D eigenvalue weighted by molar-refractivity contribution is 5.96. The maximum absolute atomic E-state index is 12.5. The number of amides is 1. The molecular formula is C23H25NO5. The van der Waals surface area contributed by atoms with Crippen LogP contribution in [0.5, 0.6) is 5.75 Å². The van der Waals surface area contributed by atoms with Crippen LogP contribution >= 0.6 is 0 Å². The number of furan rings is 1. The van der Waals surface area contributed by atoms with Gasteiger partial charge in [-0.05, 0) is 43.0 Å². The van der Waals surface area contributed by atoms with Crippen LogP contribution in [0.2, 0.25) is 0 Å². The van der Waals surface area contributed by atoms with Crippen LogP contribution < -0.4 is 5.32 Å². The fourth-order valence-electron chi connectivity index (χ4n) is 3.15. The molecule has 6 nitrogen and oxygen atoms in total. The van der Waals surface area contributed by atoms with Crippen molar-refractivity contribution in [1.29, 1.82) is 0 Å². The summed E-state index contributed by atoms with van der Waals surface area (Å²) in [7, 11) is 0. The molecule has 1 heterocycles. The fraction of sp³-hybridized carbons (Fsp3) is 0.304. The van der Waals surface area contributed by atoms with E-state index in [2.05, 4.69) is 19.2 Å². The third-order valence-electron chi connectivity index (χ3n) is 5.01. The first-order valence-corrected chi connectivity index (χ1v) is 9.67. The van der Waals surface area contributed by atoms with E-state index in [1.165, 1.54) is 18.4 Å². The number of anilines is 1. The molecule has 1 aromatic heterocycles. The molecule has 2 aromatic carbocycles. The number of rotatable bonds is 7. The van der Waals surface area contributed by atoms with Gasteiger partial charge in [0.05, 0.1) is 12.7 Å². The second-order valence-corrected chi connectivity index (χ2v) is 7.14. The Morgan fingerprint density at radius 2 is 1.93 bits per heavy atom. The Labute approximate surface area is 169 Å². The van der Waals surface area contributed by atoms with Crippen LogP contribution in [-0.4, -0.2) is 23.1 Å². The third-order valence-corrected chi connectivity index (χ3v) is 5.01. The zero-order valence-corrected chi connectivity index (χ0v) is 16.8. The van der Waals surface area contributed by atoms with Crippen LogP contribution in [-0.2, 0) is 20.7 Å². The van der Waals surface area contributed by atoms with E-state index in [9.17, 15) is 14.7 Å².